The molecule has 1 heterocycles. The lowest BCUT2D eigenvalue weighted by Gasteiger charge is -2.35. The normalized spacial score (nSPS) is 38.2. The quantitative estimate of drug-likeness (QED) is 0.870. The van der Waals surface area contributed by atoms with Gasteiger partial charge in [-0.2, -0.15) is 0 Å². The van der Waals surface area contributed by atoms with E-state index < -0.39 is 0 Å². The molecule has 3 unspecified atom stereocenters. The van der Waals surface area contributed by atoms with Crippen molar-refractivity contribution in [3.63, 3.8) is 0 Å². The summed E-state index contributed by atoms with van der Waals surface area (Å²) < 4.78 is 11.5. The van der Waals surface area contributed by atoms with Gasteiger partial charge in [-0.05, 0) is 49.9 Å². The summed E-state index contributed by atoms with van der Waals surface area (Å²) in [5, 5.41) is 3.26. The molecule has 1 N–H and O–H groups in total. The molecule has 0 aromatic carbocycles. The first-order valence-electron chi connectivity index (χ1n) is 8.80. The lowest BCUT2D eigenvalue weighted by Crippen LogP contribution is -2.44. The van der Waals surface area contributed by atoms with E-state index >= 15 is 0 Å². The van der Waals surface area contributed by atoms with Gasteiger partial charge in [0.2, 0.25) is 5.91 Å². The summed E-state index contributed by atoms with van der Waals surface area (Å²) in [6.45, 7) is 1.45. The third kappa shape index (κ3) is 2.85. The highest BCUT2D eigenvalue weighted by Crippen LogP contribution is 2.49. The van der Waals surface area contributed by atoms with Crippen LogP contribution in [0.2, 0.25) is 0 Å². The molecule has 0 radical (unpaired) electrons. The number of nitrogens with one attached hydrogen (secondary N) is 1. The summed E-state index contributed by atoms with van der Waals surface area (Å²) >= 11 is 0. The highest BCUT2D eigenvalue weighted by Gasteiger charge is 2.42. The fourth-order valence-corrected chi connectivity index (χ4v) is 5.14. The molecule has 4 aliphatic rings. The van der Waals surface area contributed by atoms with Gasteiger partial charge in [-0.15, -0.1) is 0 Å². The molecular weight excluding hydrogens is 266 g/mol. The minimum atomic E-state index is -0.314. The molecule has 118 valence electrons. The minimum absolute atomic E-state index is 0.279. The Balaban J connectivity index is 1.22. The largest absolute Gasteiger partial charge is 0.353 e. The van der Waals surface area contributed by atoms with Crippen LogP contribution in [0, 0.1) is 17.8 Å². The highest BCUT2D eigenvalue weighted by atomic mass is 16.7. The number of carbonyl (C=O) groups excluding carboxylic acids is 1. The van der Waals surface area contributed by atoms with Crippen molar-refractivity contribution in [3.8, 4) is 0 Å². The average molecular weight is 293 g/mol. The van der Waals surface area contributed by atoms with Gasteiger partial charge < -0.3 is 14.8 Å². The van der Waals surface area contributed by atoms with Crippen LogP contribution in [0.3, 0.4) is 0 Å². The van der Waals surface area contributed by atoms with Crippen LogP contribution >= 0.6 is 0 Å². The van der Waals surface area contributed by atoms with Crippen molar-refractivity contribution >= 4 is 5.91 Å². The van der Waals surface area contributed by atoms with Crippen molar-refractivity contribution in [2.75, 3.05) is 13.2 Å². The van der Waals surface area contributed by atoms with E-state index in [1.807, 2.05) is 0 Å². The Morgan fingerprint density at radius 2 is 1.81 bits per heavy atom. The van der Waals surface area contributed by atoms with Gasteiger partial charge in [0.25, 0.3) is 0 Å². The number of ether oxygens (including phenoxy) is 2. The van der Waals surface area contributed by atoms with Gasteiger partial charge in [-0.25, -0.2) is 0 Å². The summed E-state index contributed by atoms with van der Waals surface area (Å²) in [7, 11) is 0. The number of fused-ring (bicyclic) bond motifs is 2. The summed E-state index contributed by atoms with van der Waals surface area (Å²) in [5.74, 6) is 2.41. The fourth-order valence-electron chi connectivity index (χ4n) is 5.14. The molecule has 0 aromatic heterocycles. The van der Waals surface area contributed by atoms with E-state index in [0.29, 0.717) is 12.0 Å². The van der Waals surface area contributed by atoms with Crippen LogP contribution in [0.4, 0.5) is 0 Å². The number of hydrogen-bond acceptors (Lipinski definition) is 3. The third-order valence-electron chi connectivity index (χ3n) is 6.26. The second kappa shape index (κ2) is 5.54. The van der Waals surface area contributed by atoms with E-state index in [1.165, 1.54) is 25.7 Å². The fraction of sp³-hybridized carbons (Fsp3) is 0.941. The molecule has 3 aliphatic carbocycles. The van der Waals surface area contributed by atoms with Gasteiger partial charge in [0.05, 0.1) is 13.2 Å². The Labute approximate surface area is 126 Å². The summed E-state index contributed by atoms with van der Waals surface area (Å²) in [4.78, 5) is 12.3. The second-order valence-corrected chi connectivity index (χ2v) is 7.59. The van der Waals surface area contributed by atoms with Crippen molar-refractivity contribution in [2.45, 2.75) is 69.6 Å². The van der Waals surface area contributed by atoms with Crippen LogP contribution in [0.1, 0.15) is 57.8 Å². The first kappa shape index (κ1) is 14.0. The van der Waals surface area contributed by atoms with Crippen molar-refractivity contribution in [1.29, 1.82) is 0 Å². The van der Waals surface area contributed by atoms with Crippen LogP contribution in [-0.4, -0.2) is 30.9 Å². The summed E-state index contributed by atoms with van der Waals surface area (Å²) in [6.07, 6.45) is 10.0. The predicted molar refractivity (Wildman–Crippen MR) is 78.6 cm³/mol. The van der Waals surface area contributed by atoms with E-state index in [9.17, 15) is 4.79 Å². The molecule has 4 fully saturated rings. The molecule has 1 aliphatic heterocycles. The topological polar surface area (TPSA) is 47.6 Å². The molecule has 2 bridgehead atoms. The van der Waals surface area contributed by atoms with E-state index in [0.717, 1.165) is 57.2 Å². The highest BCUT2D eigenvalue weighted by molar-refractivity contribution is 5.76. The van der Waals surface area contributed by atoms with Crippen LogP contribution in [0.15, 0.2) is 0 Å². The van der Waals surface area contributed by atoms with Gasteiger partial charge in [-0.1, -0.05) is 6.42 Å². The van der Waals surface area contributed by atoms with Crippen LogP contribution in [0.5, 0.6) is 0 Å². The van der Waals surface area contributed by atoms with Crippen LogP contribution in [-0.2, 0) is 14.3 Å². The van der Waals surface area contributed by atoms with Crippen molar-refractivity contribution in [1.82, 2.24) is 5.32 Å². The average Bonchev–Trinajstić information content (AvgIpc) is 3.19. The molecule has 1 spiro atoms. The summed E-state index contributed by atoms with van der Waals surface area (Å²) in [5.41, 5.74) is 0. The van der Waals surface area contributed by atoms with Gasteiger partial charge >= 0.3 is 0 Å². The number of rotatable bonds is 3. The van der Waals surface area contributed by atoms with Gasteiger partial charge in [0.15, 0.2) is 5.79 Å². The first-order chi connectivity index (χ1) is 10.2. The Bertz CT molecular complexity index is 395. The van der Waals surface area contributed by atoms with Gasteiger partial charge in [0, 0.05) is 25.3 Å². The van der Waals surface area contributed by atoms with E-state index in [-0.39, 0.29) is 11.7 Å². The monoisotopic (exact) mass is 293 g/mol. The lowest BCUT2D eigenvalue weighted by molar-refractivity contribution is -0.180. The van der Waals surface area contributed by atoms with E-state index in [2.05, 4.69) is 5.32 Å². The smallest absolute Gasteiger partial charge is 0.220 e. The molecule has 4 rings (SSSR count). The Morgan fingerprint density at radius 3 is 2.43 bits per heavy atom. The van der Waals surface area contributed by atoms with Crippen molar-refractivity contribution < 1.29 is 14.3 Å². The Kier molecular flexibility index (Phi) is 3.70. The van der Waals surface area contributed by atoms with E-state index in [1.54, 1.807) is 0 Å². The number of hydrogen-bond donors (Lipinski definition) is 1. The Hall–Kier alpha value is -0.610. The lowest BCUT2D eigenvalue weighted by atomic mass is 9.85. The number of carbonyl (C=O) groups is 1. The Morgan fingerprint density at radius 1 is 1.05 bits per heavy atom. The number of amides is 1. The molecule has 4 heteroatoms. The molecule has 3 saturated carbocycles. The zero-order chi connectivity index (χ0) is 14.3. The molecule has 1 amide bonds. The van der Waals surface area contributed by atoms with E-state index in [4.69, 9.17) is 9.47 Å². The SMILES string of the molecule is O=C(CC1CC2CCC1C2)NC1CCC2(CC1)OCCO2. The second-order valence-electron chi connectivity index (χ2n) is 7.59. The maximum Gasteiger partial charge on any atom is 0.220 e. The molecule has 4 nitrogen and oxygen atoms in total. The maximum absolute atomic E-state index is 12.3. The first-order valence-corrected chi connectivity index (χ1v) is 8.80. The summed E-state index contributed by atoms with van der Waals surface area (Å²) in [6, 6.07) is 0.328. The van der Waals surface area contributed by atoms with Gasteiger partial charge in [0.1, 0.15) is 0 Å². The molecular formula is C17H27NO3. The minimum Gasteiger partial charge on any atom is -0.353 e. The molecule has 21 heavy (non-hydrogen) atoms. The van der Waals surface area contributed by atoms with Crippen molar-refractivity contribution in [2.24, 2.45) is 17.8 Å². The molecule has 1 saturated heterocycles. The van der Waals surface area contributed by atoms with Crippen LogP contribution in [0.25, 0.3) is 0 Å². The predicted octanol–water partition coefficient (Wildman–Crippen LogP) is 2.61. The van der Waals surface area contributed by atoms with Crippen LogP contribution < -0.4 is 5.32 Å². The standard InChI is InChI=1S/C17H27NO3/c19-16(11-14-10-12-1-2-13(14)9-12)18-15-3-5-17(6-4-15)20-7-8-21-17/h12-15H,1-11H2,(H,18,19). The third-order valence-corrected chi connectivity index (χ3v) is 6.26. The zero-order valence-electron chi connectivity index (χ0n) is 12.8. The molecule has 0 aromatic rings. The van der Waals surface area contributed by atoms with Crippen molar-refractivity contribution in [3.05, 3.63) is 0 Å². The maximum atomic E-state index is 12.3. The zero-order valence-corrected chi connectivity index (χ0v) is 12.8. The van der Waals surface area contributed by atoms with Gasteiger partial charge in [-0.3, -0.25) is 4.79 Å². The molecule has 3 atom stereocenters.